The number of thiophene rings is 1. The van der Waals surface area contributed by atoms with Crippen molar-refractivity contribution >= 4 is 40.4 Å². The molecule has 1 aliphatic heterocycles. The first-order chi connectivity index (χ1) is 13.5. The number of piperidine rings is 1. The van der Waals surface area contributed by atoms with Crippen LogP contribution in [0.5, 0.6) is 5.75 Å². The van der Waals surface area contributed by atoms with Crippen LogP contribution in [0.25, 0.3) is 0 Å². The number of hydrogen-bond acceptors (Lipinski definition) is 5. The van der Waals surface area contributed by atoms with Gasteiger partial charge in [-0.05, 0) is 49.2 Å². The van der Waals surface area contributed by atoms with Gasteiger partial charge in [0.25, 0.3) is 0 Å². The van der Waals surface area contributed by atoms with Crippen molar-refractivity contribution in [3.8, 4) is 5.75 Å². The van der Waals surface area contributed by atoms with Crippen molar-refractivity contribution in [2.24, 2.45) is 5.92 Å². The highest BCUT2D eigenvalue weighted by atomic mass is 35.5. The van der Waals surface area contributed by atoms with Gasteiger partial charge in [0, 0.05) is 37.4 Å². The molecule has 148 valence electrons. The topological polar surface area (TPSA) is 63.7 Å². The number of halogens is 1. The molecule has 0 atom stereocenters. The number of ether oxygens (including phenoxy) is 1. The molecule has 0 aliphatic carbocycles. The van der Waals surface area contributed by atoms with Crippen LogP contribution in [0.1, 0.15) is 45.7 Å². The van der Waals surface area contributed by atoms with E-state index in [-0.39, 0.29) is 36.2 Å². The second-order valence-electron chi connectivity index (χ2n) is 6.77. The molecule has 1 aromatic heterocycles. The summed E-state index contributed by atoms with van der Waals surface area (Å²) >= 11 is 7.08. The molecule has 1 amide bonds. The van der Waals surface area contributed by atoms with E-state index >= 15 is 0 Å². The Morgan fingerprint density at radius 3 is 2.32 bits per heavy atom. The average molecular weight is 420 g/mol. The van der Waals surface area contributed by atoms with Gasteiger partial charge >= 0.3 is 0 Å². The number of rotatable bonds is 7. The summed E-state index contributed by atoms with van der Waals surface area (Å²) in [6.45, 7) is 1.09. The highest BCUT2D eigenvalue weighted by Crippen LogP contribution is 2.25. The lowest BCUT2D eigenvalue weighted by molar-refractivity contribution is -0.132. The fourth-order valence-electron chi connectivity index (χ4n) is 3.35. The predicted octanol–water partition coefficient (Wildman–Crippen LogP) is 4.49. The number of ketones is 2. The van der Waals surface area contributed by atoms with Crippen LogP contribution in [0.15, 0.2) is 36.4 Å². The molecule has 3 rings (SSSR count). The third kappa shape index (κ3) is 5.00. The first-order valence-corrected chi connectivity index (χ1v) is 10.4. The molecule has 0 spiro atoms. The lowest BCUT2D eigenvalue weighted by atomic mass is 9.88. The molecule has 1 fully saturated rings. The van der Waals surface area contributed by atoms with Crippen molar-refractivity contribution in [2.75, 3.05) is 20.2 Å². The van der Waals surface area contributed by atoms with Crippen molar-refractivity contribution < 1.29 is 19.1 Å². The Kier molecular flexibility index (Phi) is 6.86. The van der Waals surface area contributed by atoms with Gasteiger partial charge < -0.3 is 9.64 Å². The zero-order valence-corrected chi connectivity index (χ0v) is 17.2. The maximum Gasteiger partial charge on any atom is 0.223 e. The fourth-order valence-corrected chi connectivity index (χ4v) is 4.36. The quantitative estimate of drug-likeness (QED) is 0.620. The van der Waals surface area contributed by atoms with Gasteiger partial charge in [0.2, 0.25) is 5.91 Å². The molecular weight excluding hydrogens is 398 g/mol. The minimum atomic E-state index is -0.0765. The average Bonchev–Trinajstić information content (AvgIpc) is 3.18. The number of benzene rings is 1. The molecule has 1 aliphatic rings. The van der Waals surface area contributed by atoms with E-state index in [1.165, 1.54) is 11.3 Å². The molecule has 0 N–H and O–H groups in total. The van der Waals surface area contributed by atoms with Crippen molar-refractivity contribution in [3.63, 3.8) is 0 Å². The van der Waals surface area contributed by atoms with Crippen molar-refractivity contribution in [1.29, 1.82) is 0 Å². The number of likely N-dealkylation sites (tertiary alicyclic amines) is 1. The van der Waals surface area contributed by atoms with Gasteiger partial charge in [0.1, 0.15) is 5.75 Å². The smallest absolute Gasteiger partial charge is 0.223 e. The van der Waals surface area contributed by atoms with Crippen LogP contribution in [-0.4, -0.2) is 42.6 Å². The van der Waals surface area contributed by atoms with Crippen molar-refractivity contribution in [3.05, 3.63) is 51.2 Å². The lowest BCUT2D eigenvalue weighted by Crippen LogP contribution is -2.40. The minimum Gasteiger partial charge on any atom is -0.497 e. The van der Waals surface area contributed by atoms with E-state index in [0.29, 0.717) is 40.7 Å². The third-order valence-electron chi connectivity index (χ3n) is 5.01. The number of Topliss-reactive ketones (excluding diaryl/α,β-unsaturated/α-hetero) is 2. The van der Waals surface area contributed by atoms with E-state index in [9.17, 15) is 14.4 Å². The Morgan fingerprint density at radius 1 is 1.07 bits per heavy atom. The Hall–Kier alpha value is -2.18. The van der Waals surface area contributed by atoms with E-state index in [4.69, 9.17) is 16.3 Å². The molecule has 2 heterocycles. The summed E-state index contributed by atoms with van der Waals surface area (Å²) in [5.41, 5.74) is 0.672. The molecule has 1 aromatic carbocycles. The molecule has 0 saturated carbocycles. The zero-order chi connectivity index (χ0) is 20.1. The summed E-state index contributed by atoms with van der Waals surface area (Å²) in [5.74, 6) is 0.657. The fraction of sp³-hybridized carbons (Fsp3) is 0.381. The van der Waals surface area contributed by atoms with Crippen LogP contribution in [0.2, 0.25) is 4.34 Å². The summed E-state index contributed by atoms with van der Waals surface area (Å²) < 4.78 is 5.69. The summed E-state index contributed by atoms with van der Waals surface area (Å²) in [6, 6.07) is 10.5. The van der Waals surface area contributed by atoms with Crippen LogP contribution in [0.4, 0.5) is 0 Å². The van der Waals surface area contributed by atoms with Crippen LogP contribution >= 0.6 is 22.9 Å². The summed E-state index contributed by atoms with van der Waals surface area (Å²) in [4.78, 5) is 39.5. The first kappa shape index (κ1) is 20.6. The Labute approximate surface area is 173 Å². The molecule has 0 radical (unpaired) electrons. The van der Waals surface area contributed by atoms with E-state index < -0.39 is 0 Å². The summed E-state index contributed by atoms with van der Waals surface area (Å²) in [6.07, 6.45) is 1.65. The maximum atomic E-state index is 12.7. The number of hydrogen-bond donors (Lipinski definition) is 0. The standard InChI is InChI=1S/C21H22ClNO4S/c1-27-16-4-2-14(3-5-16)21(26)15-10-12-23(13-11-15)20(25)9-6-17(24)18-7-8-19(22)28-18/h2-5,7-8,15H,6,9-13H2,1H3. The maximum absolute atomic E-state index is 12.7. The van der Waals surface area contributed by atoms with Crippen LogP contribution < -0.4 is 4.74 Å². The van der Waals surface area contributed by atoms with Crippen LogP contribution in [0.3, 0.4) is 0 Å². The SMILES string of the molecule is COc1ccc(C(=O)C2CCN(C(=O)CCC(=O)c3ccc(Cl)s3)CC2)cc1. The predicted molar refractivity (Wildman–Crippen MR) is 110 cm³/mol. The van der Waals surface area contributed by atoms with Gasteiger partial charge in [-0.25, -0.2) is 0 Å². The number of nitrogens with zero attached hydrogens (tertiary/aromatic N) is 1. The largest absolute Gasteiger partial charge is 0.497 e. The Balaban J connectivity index is 1.46. The van der Waals surface area contributed by atoms with Crippen molar-refractivity contribution in [2.45, 2.75) is 25.7 Å². The van der Waals surface area contributed by atoms with E-state index in [2.05, 4.69) is 0 Å². The molecule has 0 unspecified atom stereocenters. The highest BCUT2D eigenvalue weighted by molar-refractivity contribution is 7.18. The number of amides is 1. The van der Waals surface area contributed by atoms with Gasteiger partial charge in [0.05, 0.1) is 16.3 Å². The summed E-state index contributed by atoms with van der Waals surface area (Å²) in [7, 11) is 1.59. The zero-order valence-electron chi connectivity index (χ0n) is 15.7. The summed E-state index contributed by atoms with van der Waals surface area (Å²) in [5, 5.41) is 0. The normalized spacial score (nSPS) is 14.7. The number of carbonyl (C=O) groups is 3. The van der Waals surface area contributed by atoms with E-state index in [1.54, 1.807) is 48.4 Å². The van der Waals surface area contributed by atoms with Gasteiger partial charge in [-0.2, -0.15) is 0 Å². The molecule has 28 heavy (non-hydrogen) atoms. The van der Waals surface area contributed by atoms with Gasteiger partial charge in [0.15, 0.2) is 11.6 Å². The van der Waals surface area contributed by atoms with Crippen molar-refractivity contribution in [1.82, 2.24) is 4.90 Å². The van der Waals surface area contributed by atoms with Gasteiger partial charge in [-0.15, -0.1) is 11.3 Å². The molecular formula is C21H22ClNO4S. The second kappa shape index (κ2) is 9.34. The lowest BCUT2D eigenvalue weighted by Gasteiger charge is -2.31. The molecule has 0 bridgehead atoms. The molecule has 7 heteroatoms. The second-order valence-corrected chi connectivity index (χ2v) is 8.49. The minimum absolute atomic E-state index is 0.0358. The molecule has 2 aromatic rings. The van der Waals surface area contributed by atoms with E-state index in [0.717, 1.165) is 5.75 Å². The highest BCUT2D eigenvalue weighted by Gasteiger charge is 2.28. The first-order valence-electron chi connectivity index (χ1n) is 9.22. The number of methoxy groups -OCH3 is 1. The Morgan fingerprint density at radius 2 is 1.75 bits per heavy atom. The third-order valence-corrected chi connectivity index (χ3v) is 6.28. The molecule has 1 saturated heterocycles. The van der Waals surface area contributed by atoms with E-state index in [1.807, 2.05) is 0 Å². The van der Waals surface area contributed by atoms with Crippen LogP contribution in [-0.2, 0) is 4.79 Å². The molecule has 5 nitrogen and oxygen atoms in total. The monoisotopic (exact) mass is 419 g/mol. The number of carbonyl (C=O) groups excluding carboxylic acids is 3. The van der Waals surface area contributed by atoms with Gasteiger partial charge in [-0.3, -0.25) is 14.4 Å². The Bertz CT molecular complexity index is 854. The van der Waals surface area contributed by atoms with Crippen LogP contribution in [0, 0.1) is 5.92 Å². The van der Waals surface area contributed by atoms with Gasteiger partial charge in [-0.1, -0.05) is 11.6 Å².